The number of benzene rings is 2. The molecular weight excluding hydrogens is 453 g/mol. The molecule has 1 saturated heterocycles. The van der Waals surface area contributed by atoms with Gasteiger partial charge in [-0.15, -0.1) is 0 Å². The average molecular weight is 472 g/mol. The summed E-state index contributed by atoms with van der Waals surface area (Å²) in [6.07, 6.45) is 0.0676. The van der Waals surface area contributed by atoms with Gasteiger partial charge >= 0.3 is 6.09 Å². The Morgan fingerprint density at radius 1 is 1.21 bits per heavy atom. The number of hydrogen-bond acceptors (Lipinski definition) is 6. The van der Waals surface area contributed by atoms with E-state index in [1.54, 1.807) is 30.3 Å². The van der Waals surface area contributed by atoms with Gasteiger partial charge in [0.2, 0.25) is 5.91 Å². The summed E-state index contributed by atoms with van der Waals surface area (Å²) in [6, 6.07) is 10.7. The van der Waals surface area contributed by atoms with Crippen LogP contribution in [0.5, 0.6) is 0 Å². The highest BCUT2D eigenvalue weighted by Crippen LogP contribution is 2.27. The highest BCUT2D eigenvalue weighted by atomic mass is 35.5. The van der Waals surface area contributed by atoms with E-state index in [0.717, 1.165) is 0 Å². The molecule has 2 heterocycles. The Morgan fingerprint density at radius 3 is 2.70 bits per heavy atom. The van der Waals surface area contributed by atoms with Crippen LogP contribution in [0, 0.1) is 5.82 Å². The van der Waals surface area contributed by atoms with Crippen LogP contribution in [0.15, 0.2) is 48.8 Å². The number of carbonyl (C=O) groups excluding carboxylic acids is 3. The SMILES string of the molecule is O=C(CCC(=O)c1ccc(Cl)cc1)NCC1CN(c2ccc(-c3ncn[nH]3)c(F)c2)C(=O)O1. The van der Waals surface area contributed by atoms with Gasteiger partial charge < -0.3 is 10.1 Å². The van der Waals surface area contributed by atoms with Gasteiger partial charge in [0.25, 0.3) is 0 Å². The summed E-state index contributed by atoms with van der Waals surface area (Å²) >= 11 is 5.80. The molecule has 0 aliphatic carbocycles. The number of halogens is 2. The lowest BCUT2D eigenvalue weighted by Gasteiger charge is -2.14. The van der Waals surface area contributed by atoms with E-state index < -0.39 is 18.0 Å². The van der Waals surface area contributed by atoms with Gasteiger partial charge in [-0.3, -0.25) is 19.6 Å². The second-order valence-electron chi connectivity index (χ2n) is 7.35. The van der Waals surface area contributed by atoms with Crippen molar-refractivity contribution in [3.8, 4) is 11.4 Å². The Hall–Kier alpha value is -3.79. The molecule has 170 valence electrons. The van der Waals surface area contributed by atoms with E-state index in [1.165, 1.54) is 23.4 Å². The number of nitrogens with one attached hydrogen (secondary N) is 2. The molecule has 3 aromatic rings. The third-order valence-electron chi connectivity index (χ3n) is 5.08. The Balaban J connectivity index is 1.27. The van der Waals surface area contributed by atoms with Crippen molar-refractivity contribution in [3.05, 3.63) is 65.2 Å². The number of nitrogens with zero attached hydrogens (tertiary/aromatic N) is 3. The van der Waals surface area contributed by atoms with Crippen molar-refractivity contribution >= 4 is 35.1 Å². The summed E-state index contributed by atoms with van der Waals surface area (Å²) < 4.78 is 19.7. The van der Waals surface area contributed by atoms with Crippen LogP contribution in [0.25, 0.3) is 11.4 Å². The monoisotopic (exact) mass is 471 g/mol. The third kappa shape index (κ3) is 5.35. The lowest BCUT2D eigenvalue weighted by atomic mass is 10.1. The molecule has 1 atom stereocenters. The fraction of sp³-hybridized carbons (Fsp3) is 0.227. The predicted octanol–water partition coefficient (Wildman–Crippen LogP) is 3.37. The summed E-state index contributed by atoms with van der Waals surface area (Å²) in [4.78, 5) is 41.7. The van der Waals surface area contributed by atoms with Gasteiger partial charge in [-0.2, -0.15) is 5.10 Å². The maximum atomic E-state index is 14.5. The standard InChI is InChI=1S/C22H19ClFN5O4/c23-14-3-1-13(2-4-14)19(30)7-8-20(31)25-10-16-11-29(22(32)33-16)15-5-6-17(18(24)9-15)21-26-12-27-28-21/h1-6,9,12,16H,7-8,10-11H2,(H,25,31)(H,26,27,28). The van der Waals surface area contributed by atoms with E-state index in [0.29, 0.717) is 16.3 Å². The minimum atomic E-state index is -0.640. The first-order valence-electron chi connectivity index (χ1n) is 10.1. The van der Waals surface area contributed by atoms with Crippen molar-refractivity contribution in [1.82, 2.24) is 20.5 Å². The topological polar surface area (TPSA) is 117 Å². The lowest BCUT2D eigenvalue weighted by Crippen LogP contribution is -2.34. The van der Waals surface area contributed by atoms with Crippen LogP contribution in [-0.2, 0) is 9.53 Å². The van der Waals surface area contributed by atoms with E-state index in [1.807, 2.05) is 0 Å². The van der Waals surface area contributed by atoms with Gasteiger partial charge in [0.05, 0.1) is 24.3 Å². The molecule has 1 unspecified atom stereocenters. The largest absolute Gasteiger partial charge is 0.442 e. The van der Waals surface area contributed by atoms with Crippen LogP contribution >= 0.6 is 11.6 Å². The van der Waals surface area contributed by atoms with Gasteiger partial charge in [0.1, 0.15) is 18.2 Å². The minimum Gasteiger partial charge on any atom is -0.442 e. The normalized spacial score (nSPS) is 15.4. The smallest absolute Gasteiger partial charge is 0.414 e. The van der Waals surface area contributed by atoms with E-state index >= 15 is 0 Å². The van der Waals surface area contributed by atoms with Crippen molar-refractivity contribution in [3.63, 3.8) is 0 Å². The van der Waals surface area contributed by atoms with Crippen molar-refractivity contribution in [2.45, 2.75) is 18.9 Å². The molecule has 2 N–H and O–H groups in total. The molecule has 2 amide bonds. The first-order chi connectivity index (χ1) is 15.9. The Labute approximate surface area is 192 Å². The van der Waals surface area contributed by atoms with Crippen LogP contribution in [0.1, 0.15) is 23.2 Å². The van der Waals surface area contributed by atoms with Crippen molar-refractivity contribution in [2.24, 2.45) is 0 Å². The van der Waals surface area contributed by atoms with Gasteiger partial charge in [-0.1, -0.05) is 11.6 Å². The molecule has 11 heteroatoms. The number of cyclic esters (lactones) is 1. The number of amides is 2. The van der Waals surface area contributed by atoms with Crippen LogP contribution in [0.3, 0.4) is 0 Å². The van der Waals surface area contributed by atoms with E-state index in [2.05, 4.69) is 20.5 Å². The quantitative estimate of drug-likeness (QED) is 0.486. The molecule has 1 fully saturated rings. The average Bonchev–Trinajstić information content (AvgIpc) is 3.46. The number of H-pyrrole nitrogens is 1. The molecule has 0 radical (unpaired) electrons. The zero-order valence-corrected chi connectivity index (χ0v) is 18.0. The van der Waals surface area contributed by atoms with E-state index in [4.69, 9.17) is 16.3 Å². The second kappa shape index (κ2) is 9.78. The summed E-state index contributed by atoms with van der Waals surface area (Å²) in [5.41, 5.74) is 1.03. The molecule has 0 saturated carbocycles. The first kappa shape index (κ1) is 22.4. The molecule has 1 aliphatic heterocycles. The molecule has 0 bridgehead atoms. The number of aromatic nitrogens is 3. The molecular formula is C22H19ClFN5O4. The molecule has 9 nitrogen and oxygen atoms in total. The van der Waals surface area contributed by atoms with Crippen molar-refractivity contribution in [1.29, 1.82) is 0 Å². The summed E-state index contributed by atoms with van der Waals surface area (Å²) in [7, 11) is 0. The Bertz CT molecular complexity index is 1170. The number of hydrogen-bond donors (Lipinski definition) is 2. The van der Waals surface area contributed by atoms with Gasteiger partial charge in [0.15, 0.2) is 11.6 Å². The summed E-state index contributed by atoms with van der Waals surface area (Å²) in [5.74, 6) is -0.803. The fourth-order valence-electron chi connectivity index (χ4n) is 3.36. The minimum absolute atomic E-state index is 0.000149. The van der Waals surface area contributed by atoms with E-state index in [-0.39, 0.29) is 49.0 Å². The first-order valence-corrected chi connectivity index (χ1v) is 10.5. The summed E-state index contributed by atoms with van der Waals surface area (Å²) in [6.45, 7) is 0.221. The molecule has 1 aromatic heterocycles. The molecule has 2 aromatic carbocycles. The lowest BCUT2D eigenvalue weighted by molar-refractivity contribution is -0.121. The van der Waals surface area contributed by atoms with Crippen LogP contribution in [-0.4, -0.2) is 52.2 Å². The van der Waals surface area contributed by atoms with Gasteiger partial charge in [-0.25, -0.2) is 14.2 Å². The summed E-state index contributed by atoms with van der Waals surface area (Å²) in [5, 5.41) is 9.46. The number of aromatic amines is 1. The zero-order valence-electron chi connectivity index (χ0n) is 17.3. The highest BCUT2D eigenvalue weighted by molar-refractivity contribution is 6.30. The number of Topliss-reactive ketones (excluding diaryl/α,β-unsaturated/α-hetero) is 1. The fourth-order valence-corrected chi connectivity index (χ4v) is 3.49. The molecule has 4 rings (SSSR count). The molecule has 1 aliphatic rings. The number of carbonyl (C=O) groups is 3. The number of rotatable bonds is 8. The van der Waals surface area contributed by atoms with Crippen LogP contribution in [0.2, 0.25) is 5.02 Å². The second-order valence-corrected chi connectivity index (χ2v) is 7.79. The van der Waals surface area contributed by atoms with Gasteiger partial charge in [0, 0.05) is 23.4 Å². The predicted molar refractivity (Wildman–Crippen MR) is 117 cm³/mol. The molecule has 33 heavy (non-hydrogen) atoms. The highest BCUT2D eigenvalue weighted by Gasteiger charge is 2.33. The number of ketones is 1. The van der Waals surface area contributed by atoms with Crippen LogP contribution < -0.4 is 10.2 Å². The zero-order chi connectivity index (χ0) is 23.4. The molecule has 0 spiro atoms. The number of anilines is 1. The van der Waals surface area contributed by atoms with Crippen molar-refractivity contribution in [2.75, 3.05) is 18.0 Å². The number of ether oxygens (including phenoxy) is 1. The van der Waals surface area contributed by atoms with Crippen molar-refractivity contribution < 1.29 is 23.5 Å². The third-order valence-corrected chi connectivity index (χ3v) is 5.33. The maximum Gasteiger partial charge on any atom is 0.414 e. The Kier molecular flexibility index (Phi) is 6.64. The van der Waals surface area contributed by atoms with Crippen LogP contribution in [0.4, 0.5) is 14.9 Å². The Morgan fingerprint density at radius 2 is 2.00 bits per heavy atom. The van der Waals surface area contributed by atoms with Gasteiger partial charge in [-0.05, 0) is 42.5 Å². The van der Waals surface area contributed by atoms with E-state index in [9.17, 15) is 18.8 Å². The maximum absolute atomic E-state index is 14.5.